The first-order valence-electron chi connectivity index (χ1n) is 7.93. The Balaban J connectivity index is 1.59. The first kappa shape index (κ1) is 15.7. The minimum absolute atomic E-state index is 0.531. The summed E-state index contributed by atoms with van der Waals surface area (Å²) in [7, 11) is 0. The first-order valence-corrected chi connectivity index (χ1v) is 8.31. The topological polar surface area (TPSA) is 55.4 Å². The average Bonchev–Trinajstić information content (AvgIpc) is 3.03. The second kappa shape index (κ2) is 6.96. The van der Waals surface area contributed by atoms with Crippen LogP contribution in [0.1, 0.15) is 25.0 Å². The van der Waals surface area contributed by atoms with E-state index < -0.39 is 6.10 Å². The van der Waals surface area contributed by atoms with Crippen molar-refractivity contribution in [1.82, 2.24) is 20.0 Å². The number of benzene rings is 1. The maximum absolute atomic E-state index is 10.5. The molecule has 0 aliphatic carbocycles. The molecule has 1 aliphatic rings. The van der Waals surface area contributed by atoms with Gasteiger partial charge >= 0.3 is 0 Å². The fourth-order valence-corrected chi connectivity index (χ4v) is 3.39. The molecule has 1 atom stereocenters. The highest BCUT2D eigenvalue weighted by atomic mass is 35.5. The number of hydrogen-bond donors (Lipinski definition) is 2. The fraction of sp³-hybridized carbons (Fsp3) is 0.562. The normalized spacial score (nSPS) is 18.9. The van der Waals surface area contributed by atoms with E-state index in [1.165, 1.54) is 0 Å². The van der Waals surface area contributed by atoms with Crippen LogP contribution in [-0.4, -0.2) is 64.4 Å². The van der Waals surface area contributed by atoms with E-state index in [-0.39, 0.29) is 0 Å². The van der Waals surface area contributed by atoms with Gasteiger partial charge in [-0.15, -0.1) is 0 Å². The molecule has 5 nitrogen and oxygen atoms in total. The van der Waals surface area contributed by atoms with Gasteiger partial charge in [0.05, 0.1) is 22.8 Å². The van der Waals surface area contributed by atoms with Gasteiger partial charge in [0.25, 0.3) is 0 Å². The standard InChI is InChI=1S/C16H23ClN4O/c1-2-20-7-9-21(10-8-20)6-5-15(22)12-3-4-14-13(16(12)17)11-18-19-14/h3-4,11,15,22H,2,5-10H2,1H3,(H,18,19). The van der Waals surface area contributed by atoms with E-state index in [9.17, 15) is 5.11 Å². The highest BCUT2D eigenvalue weighted by Crippen LogP contribution is 2.31. The molecule has 1 aromatic carbocycles. The highest BCUT2D eigenvalue weighted by Gasteiger charge is 2.19. The number of aromatic amines is 1. The Morgan fingerprint density at radius 1 is 1.27 bits per heavy atom. The predicted molar refractivity (Wildman–Crippen MR) is 89.2 cm³/mol. The molecular formula is C16H23ClN4O. The molecule has 1 aromatic heterocycles. The second-order valence-corrected chi connectivity index (χ2v) is 6.26. The number of aliphatic hydroxyl groups excluding tert-OH is 1. The Bertz CT molecular complexity index is 622. The number of hydrogen-bond acceptors (Lipinski definition) is 4. The molecule has 0 bridgehead atoms. The fourth-order valence-electron chi connectivity index (χ4n) is 3.05. The third-order valence-corrected chi connectivity index (χ3v) is 5.00. The van der Waals surface area contributed by atoms with Crippen molar-refractivity contribution in [3.05, 3.63) is 28.9 Å². The van der Waals surface area contributed by atoms with Crippen molar-refractivity contribution in [3.8, 4) is 0 Å². The lowest BCUT2D eigenvalue weighted by Crippen LogP contribution is -2.46. The van der Waals surface area contributed by atoms with Crippen molar-refractivity contribution in [1.29, 1.82) is 0 Å². The zero-order valence-corrected chi connectivity index (χ0v) is 13.7. The van der Waals surface area contributed by atoms with E-state index in [1.54, 1.807) is 6.20 Å². The second-order valence-electron chi connectivity index (χ2n) is 5.88. The van der Waals surface area contributed by atoms with Crippen LogP contribution in [0.25, 0.3) is 10.9 Å². The lowest BCUT2D eigenvalue weighted by molar-refractivity contribution is 0.105. The zero-order chi connectivity index (χ0) is 15.5. The number of halogens is 1. The largest absolute Gasteiger partial charge is 0.388 e. The van der Waals surface area contributed by atoms with Crippen LogP contribution in [0.3, 0.4) is 0 Å². The van der Waals surface area contributed by atoms with Crippen LogP contribution in [0.4, 0.5) is 0 Å². The maximum atomic E-state index is 10.5. The van der Waals surface area contributed by atoms with Crippen molar-refractivity contribution in [2.45, 2.75) is 19.4 Å². The van der Waals surface area contributed by atoms with Crippen LogP contribution < -0.4 is 0 Å². The summed E-state index contributed by atoms with van der Waals surface area (Å²) in [5, 5.41) is 18.8. The van der Waals surface area contributed by atoms with Crippen molar-refractivity contribution < 1.29 is 5.11 Å². The molecule has 2 aromatic rings. The third-order valence-electron chi connectivity index (χ3n) is 4.58. The van der Waals surface area contributed by atoms with Crippen LogP contribution >= 0.6 is 11.6 Å². The molecule has 1 saturated heterocycles. The molecule has 6 heteroatoms. The number of aliphatic hydroxyl groups is 1. The molecule has 1 fully saturated rings. The number of piperazine rings is 1. The molecule has 2 heterocycles. The van der Waals surface area contributed by atoms with Crippen LogP contribution in [0.2, 0.25) is 5.02 Å². The van der Waals surface area contributed by atoms with Crippen LogP contribution in [0, 0.1) is 0 Å². The minimum Gasteiger partial charge on any atom is -0.388 e. The number of nitrogens with one attached hydrogen (secondary N) is 1. The summed E-state index contributed by atoms with van der Waals surface area (Å²) in [6, 6.07) is 3.81. The SMILES string of the molecule is CCN1CCN(CCC(O)c2ccc3[nH]ncc3c2Cl)CC1. The lowest BCUT2D eigenvalue weighted by Gasteiger charge is -2.34. The first-order chi connectivity index (χ1) is 10.7. The third kappa shape index (κ3) is 3.27. The molecule has 22 heavy (non-hydrogen) atoms. The maximum Gasteiger partial charge on any atom is 0.0816 e. The van der Waals surface area contributed by atoms with Gasteiger partial charge in [-0.2, -0.15) is 5.10 Å². The van der Waals surface area contributed by atoms with Crippen molar-refractivity contribution >= 4 is 22.5 Å². The predicted octanol–water partition coefficient (Wildman–Crippen LogP) is 2.28. The summed E-state index contributed by atoms with van der Waals surface area (Å²) in [5.74, 6) is 0. The zero-order valence-electron chi connectivity index (χ0n) is 12.9. The van der Waals surface area contributed by atoms with Gasteiger partial charge in [-0.25, -0.2) is 0 Å². The smallest absolute Gasteiger partial charge is 0.0816 e. The molecule has 0 spiro atoms. The van der Waals surface area contributed by atoms with Crippen molar-refractivity contribution in [2.24, 2.45) is 0 Å². The van der Waals surface area contributed by atoms with Gasteiger partial charge in [0.1, 0.15) is 0 Å². The Morgan fingerprint density at radius 2 is 2.00 bits per heavy atom. The Hall–Kier alpha value is -1.14. The molecule has 0 radical (unpaired) electrons. The number of likely N-dealkylation sites (N-methyl/N-ethyl adjacent to an activating group) is 1. The Labute approximate surface area is 135 Å². The van der Waals surface area contributed by atoms with E-state index in [2.05, 4.69) is 26.9 Å². The highest BCUT2D eigenvalue weighted by molar-refractivity contribution is 6.36. The van der Waals surface area contributed by atoms with Gasteiger partial charge in [-0.3, -0.25) is 5.10 Å². The molecule has 120 valence electrons. The summed E-state index contributed by atoms with van der Waals surface area (Å²) in [4.78, 5) is 4.87. The molecular weight excluding hydrogens is 300 g/mol. The summed E-state index contributed by atoms with van der Waals surface area (Å²) in [6.45, 7) is 8.62. The van der Waals surface area contributed by atoms with Crippen LogP contribution in [0.15, 0.2) is 18.3 Å². The van der Waals surface area contributed by atoms with Gasteiger partial charge in [-0.05, 0) is 24.6 Å². The monoisotopic (exact) mass is 322 g/mol. The number of aromatic nitrogens is 2. The molecule has 1 aliphatic heterocycles. The molecule has 2 N–H and O–H groups in total. The minimum atomic E-state index is -0.531. The van der Waals surface area contributed by atoms with Gasteiger partial charge in [0.15, 0.2) is 0 Å². The van der Waals surface area contributed by atoms with E-state index in [4.69, 9.17) is 11.6 Å². The van der Waals surface area contributed by atoms with Crippen LogP contribution in [-0.2, 0) is 0 Å². The Morgan fingerprint density at radius 3 is 2.73 bits per heavy atom. The van der Waals surface area contributed by atoms with Gasteiger partial charge < -0.3 is 14.9 Å². The van der Waals surface area contributed by atoms with Crippen molar-refractivity contribution in [3.63, 3.8) is 0 Å². The van der Waals surface area contributed by atoms with Gasteiger partial charge in [0.2, 0.25) is 0 Å². The van der Waals surface area contributed by atoms with E-state index in [0.717, 1.165) is 55.7 Å². The van der Waals surface area contributed by atoms with E-state index >= 15 is 0 Å². The quantitative estimate of drug-likeness (QED) is 0.886. The summed E-state index contributed by atoms with van der Waals surface area (Å²) in [5.41, 5.74) is 1.69. The molecule has 3 rings (SSSR count). The summed E-state index contributed by atoms with van der Waals surface area (Å²) < 4.78 is 0. The number of rotatable bonds is 5. The van der Waals surface area contributed by atoms with Gasteiger partial charge in [-0.1, -0.05) is 24.6 Å². The van der Waals surface area contributed by atoms with Gasteiger partial charge in [0, 0.05) is 38.1 Å². The Kier molecular flexibility index (Phi) is 4.98. The van der Waals surface area contributed by atoms with E-state index in [1.807, 2.05) is 12.1 Å². The lowest BCUT2D eigenvalue weighted by atomic mass is 10.0. The summed E-state index contributed by atoms with van der Waals surface area (Å²) >= 11 is 6.40. The average molecular weight is 323 g/mol. The molecule has 1 unspecified atom stereocenters. The summed E-state index contributed by atoms with van der Waals surface area (Å²) in [6.07, 6.45) is 1.88. The van der Waals surface area contributed by atoms with Crippen LogP contribution in [0.5, 0.6) is 0 Å². The molecule has 0 amide bonds. The molecule has 0 saturated carbocycles. The van der Waals surface area contributed by atoms with E-state index in [0.29, 0.717) is 11.4 Å². The van der Waals surface area contributed by atoms with Crippen molar-refractivity contribution in [2.75, 3.05) is 39.3 Å². The number of fused-ring (bicyclic) bond motifs is 1. The number of nitrogens with zero attached hydrogens (tertiary/aromatic N) is 3. The number of H-pyrrole nitrogens is 1.